The molecule has 0 aromatic heterocycles. The van der Waals surface area contributed by atoms with Gasteiger partial charge in [0.15, 0.2) is 0 Å². The van der Waals surface area contributed by atoms with E-state index in [9.17, 15) is 0 Å². The third kappa shape index (κ3) is 3.94. The number of rotatable bonds is 4. The quantitative estimate of drug-likeness (QED) is 0.783. The standard InChI is InChI=1S/C14H23N/c1-10(2)8-13-9-14(15-11(3)4)7-6-12(13)5/h6-7,9-11,15H,8H2,1-5H3. The molecule has 1 heteroatoms. The highest BCUT2D eigenvalue weighted by Gasteiger charge is 2.03. The molecule has 0 aliphatic carbocycles. The van der Waals surface area contributed by atoms with E-state index in [1.54, 1.807) is 0 Å². The summed E-state index contributed by atoms with van der Waals surface area (Å²) in [5.41, 5.74) is 4.11. The maximum Gasteiger partial charge on any atom is 0.0345 e. The predicted molar refractivity (Wildman–Crippen MR) is 68.5 cm³/mol. The summed E-state index contributed by atoms with van der Waals surface area (Å²) < 4.78 is 0. The Morgan fingerprint density at radius 2 is 1.80 bits per heavy atom. The second-order valence-corrected chi connectivity index (χ2v) is 5.04. The van der Waals surface area contributed by atoms with Crippen LogP contribution >= 0.6 is 0 Å². The Morgan fingerprint density at radius 3 is 2.33 bits per heavy atom. The van der Waals surface area contributed by atoms with Crippen molar-refractivity contribution in [1.82, 2.24) is 0 Å². The lowest BCUT2D eigenvalue weighted by atomic mass is 9.98. The van der Waals surface area contributed by atoms with Gasteiger partial charge in [-0.25, -0.2) is 0 Å². The SMILES string of the molecule is Cc1ccc(NC(C)C)cc1CC(C)C. The molecule has 0 radical (unpaired) electrons. The fourth-order valence-electron chi connectivity index (χ4n) is 1.75. The Hall–Kier alpha value is -0.980. The van der Waals surface area contributed by atoms with Crippen molar-refractivity contribution in [3.63, 3.8) is 0 Å². The number of nitrogens with one attached hydrogen (secondary N) is 1. The zero-order valence-corrected chi connectivity index (χ0v) is 10.6. The molecule has 0 aliphatic rings. The lowest BCUT2D eigenvalue weighted by Gasteiger charge is -2.14. The molecule has 1 aromatic rings. The van der Waals surface area contributed by atoms with Crippen LogP contribution in [0.5, 0.6) is 0 Å². The zero-order chi connectivity index (χ0) is 11.4. The van der Waals surface area contributed by atoms with Crippen LogP contribution in [0, 0.1) is 12.8 Å². The second kappa shape index (κ2) is 5.20. The number of aryl methyl sites for hydroxylation is 1. The minimum absolute atomic E-state index is 0.500. The number of anilines is 1. The summed E-state index contributed by atoms with van der Waals surface area (Å²) in [7, 11) is 0. The average Bonchev–Trinajstić information content (AvgIpc) is 2.09. The first-order valence-corrected chi connectivity index (χ1v) is 5.85. The molecule has 84 valence electrons. The van der Waals surface area contributed by atoms with Crippen LogP contribution in [0.15, 0.2) is 18.2 Å². The van der Waals surface area contributed by atoms with Crippen molar-refractivity contribution in [3.8, 4) is 0 Å². The first-order valence-electron chi connectivity index (χ1n) is 5.85. The van der Waals surface area contributed by atoms with Gasteiger partial charge in [-0.15, -0.1) is 0 Å². The highest BCUT2D eigenvalue weighted by Crippen LogP contribution is 2.19. The third-order valence-corrected chi connectivity index (χ3v) is 2.43. The maximum absolute atomic E-state index is 3.45. The van der Waals surface area contributed by atoms with Crippen molar-refractivity contribution >= 4 is 5.69 Å². The van der Waals surface area contributed by atoms with Gasteiger partial charge in [0.25, 0.3) is 0 Å². The van der Waals surface area contributed by atoms with Crippen LogP contribution in [0.1, 0.15) is 38.8 Å². The summed E-state index contributed by atoms with van der Waals surface area (Å²) in [6.07, 6.45) is 1.17. The van der Waals surface area contributed by atoms with Crippen LogP contribution in [-0.4, -0.2) is 6.04 Å². The van der Waals surface area contributed by atoms with E-state index in [1.165, 1.54) is 23.2 Å². The maximum atomic E-state index is 3.45. The lowest BCUT2D eigenvalue weighted by molar-refractivity contribution is 0.645. The summed E-state index contributed by atoms with van der Waals surface area (Å²) in [6, 6.07) is 7.16. The van der Waals surface area contributed by atoms with E-state index in [2.05, 4.69) is 58.1 Å². The third-order valence-electron chi connectivity index (χ3n) is 2.43. The molecule has 0 saturated carbocycles. The fourth-order valence-corrected chi connectivity index (χ4v) is 1.75. The van der Waals surface area contributed by atoms with E-state index in [4.69, 9.17) is 0 Å². The second-order valence-electron chi connectivity index (χ2n) is 5.04. The van der Waals surface area contributed by atoms with Crippen molar-refractivity contribution in [3.05, 3.63) is 29.3 Å². The van der Waals surface area contributed by atoms with Crippen molar-refractivity contribution < 1.29 is 0 Å². The van der Waals surface area contributed by atoms with Gasteiger partial charge in [0.2, 0.25) is 0 Å². The van der Waals surface area contributed by atoms with E-state index >= 15 is 0 Å². The van der Waals surface area contributed by atoms with E-state index < -0.39 is 0 Å². The average molecular weight is 205 g/mol. The van der Waals surface area contributed by atoms with Crippen molar-refractivity contribution in [1.29, 1.82) is 0 Å². The van der Waals surface area contributed by atoms with Gasteiger partial charge in [-0.05, 0) is 56.4 Å². The van der Waals surface area contributed by atoms with Gasteiger partial charge < -0.3 is 5.32 Å². The Morgan fingerprint density at radius 1 is 1.13 bits per heavy atom. The minimum Gasteiger partial charge on any atom is -0.383 e. The molecule has 1 aromatic carbocycles. The normalized spacial score (nSPS) is 11.1. The Bertz CT molecular complexity index is 313. The molecular formula is C14H23N. The molecule has 0 heterocycles. The smallest absolute Gasteiger partial charge is 0.0345 e. The molecule has 0 fully saturated rings. The molecule has 0 atom stereocenters. The lowest BCUT2D eigenvalue weighted by Crippen LogP contribution is -2.10. The van der Waals surface area contributed by atoms with Gasteiger partial charge in [0.05, 0.1) is 0 Å². The van der Waals surface area contributed by atoms with E-state index in [-0.39, 0.29) is 0 Å². The monoisotopic (exact) mass is 205 g/mol. The van der Waals surface area contributed by atoms with Crippen molar-refractivity contribution in [2.45, 2.75) is 47.1 Å². The first kappa shape index (κ1) is 12.1. The molecule has 0 spiro atoms. The summed E-state index contributed by atoms with van der Waals surface area (Å²) in [6.45, 7) is 11.1. The van der Waals surface area contributed by atoms with Crippen LogP contribution in [0.3, 0.4) is 0 Å². The number of hydrogen-bond donors (Lipinski definition) is 1. The van der Waals surface area contributed by atoms with Gasteiger partial charge in [0.1, 0.15) is 0 Å². The van der Waals surface area contributed by atoms with Crippen LogP contribution < -0.4 is 5.32 Å². The molecule has 0 amide bonds. The topological polar surface area (TPSA) is 12.0 Å². The molecule has 1 N–H and O–H groups in total. The van der Waals surface area contributed by atoms with Gasteiger partial charge in [-0.3, -0.25) is 0 Å². The molecule has 1 nitrogen and oxygen atoms in total. The largest absolute Gasteiger partial charge is 0.383 e. The van der Waals surface area contributed by atoms with E-state index in [1.807, 2.05) is 0 Å². The van der Waals surface area contributed by atoms with Gasteiger partial charge >= 0.3 is 0 Å². The number of hydrogen-bond acceptors (Lipinski definition) is 1. The Kier molecular flexibility index (Phi) is 4.19. The molecule has 1 rings (SSSR count). The zero-order valence-electron chi connectivity index (χ0n) is 10.6. The Balaban J connectivity index is 2.85. The van der Waals surface area contributed by atoms with E-state index in [0.717, 1.165) is 5.92 Å². The fraction of sp³-hybridized carbons (Fsp3) is 0.571. The van der Waals surface area contributed by atoms with Crippen LogP contribution in [-0.2, 0) is 6.42 Å². The summed E-state index contributed by atoms with van der Waals surface area (Å²) in [5, 5.41) is 3.45. The van der Waals surface area contributed by atoms with Gasteiger partial charge in [0, 0.05) is 11.7 Å². The predicted octanol–water partition coefficient (Wildman–Crippen LogP) is 4.01. The molecule has 15 heavy (non-hydrogen) atoms. The minimum atomic E-state index is 0.500. The Labute approximate surface area is 93.9 Å². The van der Waals surface area contributed by atoms with Crippen LogP contribution in [0.2, 0.25) is 0 Å². The summed E-state index contributed by atoms with van der Waals surface area (Å²) in [5.74, 6) is 0.720. The first-order chi connectivity index (χ1) is 6.99. The molecule has 0 aliphatic heterocycles. The van der Waals surface area contributed by atoms with Crippen LogP contribution in [0.4, 0.5) is 5.69 Å². The summed E-state index contributed by atoms with van der Waals surface area (Å²) >= 11 is 0. The molecule has 0 bridgehead atoms. The van der Waals surface area contributed by atoms with Crippen molar-refractivity contribution in [2.24, 2.45) is 5.92 Å². The molecular weight excluding hydrogens is 182 g/mol. The van der Waals surface area contributed by atoms with Crippen LogP contribution in [0.25, 0.3) is 0 Å². The molecule has 0 unspecified atom stereocenters. The van der Waals surface area contributed by atoms with Gasteiger partial charge in [-0.2, -0.15) is 0 Å². The van der Waals surface area contributed by atoms with Gasteiger partial charge in [-0.1, -0.05) is 19.9 Å². The van der Waals surface area contributed by atoms with Crippen molar-refractivity contribution in [2.75, 3.05) is 5.32 Å². The summed E-state index contributed by atoms with van der Waals surface area (Å²) in [4.78, 5) is 0. The number of benzene rings is 1. The highest BCUT2D eigenvalue weighted by atomic mass is 14.9. The van der Waals surface area contributed by atoms with E-state index in [0.29, 0.717) is 6.04 Å². The molecule has 0 saturated heterocycles. The highest BCUT2D eigenvalue weighted by molar-refractivity contribution is 5.49.